The summed E-state index contributed by atoms with van der Waals surface area (Å²) in [6.45, 7) is 3.51. The van der Waals surface area contributed by atoms with Crippen molar-refractivity contribution in [3.63, 3.8) is 0 Å². The second-order valence-electron chi connectivity index (χ2n) is 4.24. The monoisotopic (exact) mass is 342 g/mol. The number of anilines is 1. The van der Waals surface area contributed by atoms with Gasteiger partial charge in [0.25, 0.3) is 0 Å². The molecule has 0 fully saturated rings. The third-order valence-corrected chi connectivity index (χ3v) is 2.92. The minimum atomic E-state index is -0.0787. The molecule has 2 amide bonds. The van der Waals surface area contributed by atoms with Crippen LogP contribution in [0.25, 0.3) is 0 Å². The number of amides is 2. The summed E-state index contributed by atoms with van der Waals surface area (Å²) in [6, 6.07) is 3.55. The molecule has 6 nitrogen and oxygen atoms in total. The van der Waals surface area contributed by atoms with Crippen molar-refractivity contribution in [3.05, 3.63) is 22.8 Å². The molecule has 3 N–H and O–H groups in total. The average Bonchev–Trinajstić information content (AvgIpc) is 2.37. The number of carbonyl (C=O) groups is 2. The summed E-state index contributed by atoms with van der Waals surface area (Å²) >= 11 is 3.32. The van der Waals surface area contributed by atoms with Crippen LogP contribution in [0, 0.1) is 0 Å². The van der Waals surface area contributed by atoms with E-state index in [-0.39, 0.29) is 11.8 Å². The number of nitrogens with one attached hydrogen (secondary N) is 3. The predicted molar refractivity (Wildman–Crippen MR) is 81.4 cm³/mol. The van der Waals surface area contributed by atoms with Crippen molar-refractivity contribution in [1.82, 2.24) is 15.6 Å². The lowest BCUT2D eigenvalue weighted by atomic mass is 10.3. The van der Waals surface area contributed by atoms with E-state index in [1.165, 1.54) is 6.92 Å². The van der Waals surface area contributed by atoms with Gasteiger partial charge in [-0.3, -0.25) is 9.59 Å². The SMILES string of the molecule is CC(=O)NCCCNCCC(=O)Nc1cc(Br)ccn1. The lowest BCUT2D eigenvalue weighted by Gasteiger charge is -2.06. The maximum absolute atomic E-state index is 11.6. The molecule has 0 unspecified atom stereocenters. The van der Waals surface area contributed by atoms with Crippen molar-refractivity contribution in [2.24, 2.45) is 0 Å². The van der Waals surface area contributed by atoms with Gasteiger partial charge >= 0.3 is 0 Å². The Morgan fingerprint density at radius 1 is 1.30 bits per heavy atom. The number of hydrogen-bond acceptors (Lipinski definition) is 4. The molecule has 0 aliphatic rings. The molecular formula is C13H19BrN4O2. The van der Waals surface area contributed by atoms with Crippen molar-refractivity contribution in [1.29, 1.82) is 0 Å². The summed E-state index contributed by atoms with van der Waals surface area (Å²) in [5.41, 5.74) is 0. The molecule has 7 heteroatoms. The summed E-state index contributed by atoms with van der Waals surface area (Å²) in [7, 11) is 0. The third kappa shape index (κ3) is 7.85. The first-order valence-corrected chi connectivity index (χ1v) is 7.24. The Morgan fingerprint density at radius 2 is 2.10 bits per heavy atom. The zero-order valence-electron chi connectivity index (χ0n) is 11.4. The number of hydrogen-bond donors (Lipinski definition) is 3. The van der Waals surface area contributed by atoms with Crippen LogP contribution in [0.3, 0.4) is 0 Å². The normalized spacial score (nSPS) is 10.1. The summed E-state index contributed by atoms with van der Waals surface area (Å²) < 4.78 is 0.874. The summed E-state index contributed by atoms with van der Waals surface area (Å²) in [5, 5.41) is 8.58. The van der Waals surface area contributed by atoms with Crippen LogP contribution < -0.4 is 16.0 Å². The Balaban J connectivity index is 2.07. The highest BCUT2D eigenvalue weighted by atomic mass is 79.9. The molecule has 0 saturated carbocycles. The Kier molecular flexibility index (Phi) is 7.82. The van der Waals surface area contributed by atoms with E-state index < -0.39 is 0 Å². The average molecular weight is 343 g/mol. The topological polar surface area (TPSA) is 83.1 Å². The molecule has 0 aliphatic heterocycles. The van der Waals surface area contributed by atoms with Crippen molar-refractivity contribution in [3.8, 4) is 0 Å². The first-order chi connectivity index (χ1) is 9.58. The molecule has 0 bridgehead atoms. The maximum atomic E-state index is 11.6. The van der Waals surface area contributed by atoms with Crippen molar-refractivity contribution in [2.45, 2.75) is 19.8 Å². The van der Waals surface area contributed by atoms with Gasteiger partial charge in [0.2, 0.25) is 11.8 Å². The van der Waals surface area contributed by atoms with Crippen LogP contribution in [0.5, 0.6) is 0 Å². The molecule has 0 spiro atoms. The van der Waals surface area contributed by atoms with E-state index in [0.29, 0.717) is 25.3 Å². The molecular weight excluding hydrogens is 324 g/mol. The van der Waals surface area contributed by atoms with Gasteiger partial charge < -0.3 is 16.0 Å². The minimum absolute atomic E-state index is 0.0223. The first-order valence-electron chi connectivity index (χ1n) is 6.44. The fraction of sp³-hybridized carbons (Fsp3) is 0.462. The molecule has 0 radical (unpaired) electrons. The van der Waals surface area contributed by atoms with Gasteiger partial charge in [-0.2, -0.15) is 0 Å². The van der Waals surface area contributed by atoms with E-state index in [1.54, 1.807) is 18.3 Å². The van der Waals surface area contributed by atoms with E-state index in [9.17, 15) is 9.59 Å². The Bertz CT molecular complexity index is 454. The molecule has 1 aromatic heterocycles. The molecule has 0 atom stereocenters. The number of carbonyl (C=O) groups excluding carboxylic acids is 2. The van der Waals surface area contributed by atoms with Gasteiger partial charge in [-0.25, -0.2) is 4.98 Å². The summed E-state index contributed by atoms with van der Waals surface area (Å²) in [5.74, 6) is 0.436. The van der Waals surface area contributed by atoms with Gasteiger partial charge in [0.1, 0.15) is 5.82 Å². The maximum Gasteiger partial charge on any atom is 0.226 e. The molecule has 0 aliphatic carbocycles. The van der Waals surface area contributed by atoms with Crippen molar-refractivity contribution < 1.29 is 9.59 Å². The smallest absolute Gasteiger partial charge is 0.226 e. The molecule has 1 heterocycles. The first kappa shape index (κ1) is 16.6. The molecule has 1 aromatic rings. The zero-order valence-corrected chi connectivity index (χ0v) is 13.0. The van der Waals surface area contributed by atoms with Crippen LogP contribution in [0.4, 0.5) is 5.82 Å². The summed E-state index contributed by atoms with van der Waals surface area (Å²) in [4.78, 5) is 26.3. The lowest BCUT2D eigenvalue weighted by Crippen LogP contribution is -2.27. The van der Waals surface area contributed by atoms with Crippen LogP contribution in [-0.4, -0.2) is 36.4 Å². The Labute approximate surface area is 126 Å². The third-order valence-electron chi connectivity index (χ3n) is 2.42. The summed E-state index contributed by atoms with van der Waals surface area (Å²) in [6.07, 6.45) is 2.85. The second kappa shape index (κ2) is 9.44. The van der Waals surface area contributed by atoms with E-state index in [0.717, 1.165) is 17.4 Å². The van der Waals surface area contributed by atoms with Crippen LogP contribution in [-0.2, 0) is 9.59 Å². The molecule has 0 saturated heterocycles. The highest BCUT2D eigenvalue weighted by molar-refractivity contribution is 9.10. The number of nitrogens with zero attached hydrogens (tertiary/aromatic N) is 1. The van der Waals surface area contributed by atoms with E-state index >= 15 is 0 Å². The largest absolute Gasteiger partial charge is 0.356 e. The number of aromatic nitrogens is 1. The van der Waals surface area contributed by atoms with Gasteiger partial charge in [-0.05, 0) is 25.1 Å². The van der Waals surface area contributed by atoms with Crippen LogP contribution in [0.15, 0.2) is 22.8 Å². The molecule has 1 rings (SSSR count). The fourth-order valence-corrected chi connectivity index (χ4v) is 1.82. The zero-order chi connectivity index (χ0) is 14.8. The highest BCUT2D eigenvalue weighted by Gasteiger charge is 2.03. The van der Waals surface area contributed by atoms with E-state index in [2.05, 4.69) is 36.9 Å². The molecule has 110 valence electrons. The van der Waals surface area contributed by atoms with E-state index in [1.807, 2.05) is 0 Å². The van der Waals surface area contributed by atoms with Gasteiger partial charge in [0.05, 0.1) is 0 Å². The quantitative estimate of drug-likeness (QED) is 0.621. The highest BCUT2D eigenvalue weighted by Crippen LogP contribution is 2.12. The van der Waals surface area contributed by atoms with Gasteiger partial charge in [0.15, 0.2) is 0 Å². The van der Waals surface area contributed by atoms with Gasteiger partial charge in [-0.1, -0.05) is 15.9 Å². The van der Waals surface area contributed by atoms with E-state index in [4.69, 9.17) is 0 Å². The minimum Gasteiger partial charge on any atom is -0.356 e. The molecule has 0 aromatic carbocycles. The number of halogens is 1. The van der Waals surface area contributed by atoms with Crippen molar-refractivity contribution in [2.75, 3.05) is 25.0 Å². The van der Waals surface area contributed by atoms with Crippen LogP contribution in [0.1, 0.15) is 19.8 Å². The number of rotatable bonds is 8. The lowest BCUT2D eigenvalue weighted by molar-refractivity contribution is -0.119. The second-order valence-corrected chi connectivity index (χ2v) is 5.16. The van der Waals surface area contributed by atoms with Crippen molar-refractivity contribution >= 4 is 33.6 Å². The Morgan fingerprint density at radius 3 is 2.80 bits per heavy atom. The number of pyridine rings is 1. The fourth-order valence-electron chi connectivity index (χ4n) is 1.48. The van der Waals surface area contributed by atoms with Crippen LogP contribution in [0.2, 0.25) is 0 Å². The molecule has 20 heavy (non-hydrogen) atoms. The predicted octanol–water partition coefficient (Wildman–Crippen LogP) is 1.29. The van der Waals surface area contributed by atoms with Crippen LogP contribution >= 0.6 is 15.9 Å². The van der Waals surface area contributed by atoms with Gasteiger partial charge in [0, 0.05) is 37.1 Å². The standard InChI is InChI=1S/C13H19BrN4O2/c1-10(19)16-6-2-5-15-7-4-13(20)18-12-9-11(14)3-8-17-12/h3,8-9,15H,2,4-7H2,1H3,(H,16,19)(H,17,18,20). The van der Waals surface area contributed by atoms with Gasteiger partial charge in [-0.15, -0.1) is 0 Å². The Hall–Kier alpha value is -1.47.